The molecule has 0 N–H and O–H groups in total. The van der Waals surface area contributed by atoms with Gasteiger partial charge in [0.1, 0.15) is 11.7 Å². The Balaban J connectivity index is 5.35. The van der Waals surface area contributed by atoms with E-state index >= 15 is 0 Å². The highest BCUT2D eigenvalue weighted by atomic mass is 16.5. The van der Waals surface area contributed by atoms with Gasteiger partial charge in [-0.1, -0.05) is 0 Å². The lowest BCUT2D eigenvalue weighted by Gasteiger charge is -2.10. The first-order valence-electron chi connectivity index (χ1n) is 5.92. The highest BCUT2D eigenvalue weighted by Crippen LogP contribution is 2.11. The zero-order valence-electron chi connectivity index (χ0n) is 11.5. The lowest BCUT2D eigenvalue weighted by atomic mass is 10.00. The molecule has 0 bridgehead atoms. The molecular weight excluding hydrogens is 252 g/mol. The van der Waals surface area contributed by atoms with Gasteiger partial charge < -0.3 is 9.47 Å². The van der Waals surface area contributed by atoms with Crippen LogP contribution in [0.5, 0.6) is 0 Å². The van der Waals surface area contributed by atoms with E-state index in [9.17, 15) is 19.2 Å². The molecule has 0 unspecified atom stereocenters. The molecule has 0 amide bonds. The molecule has 0 aliphatic rings. The van der Waals surface area contributed by atoms with Crippen LogP contribution in [0, 0.1) is 5.92 Å². The first-order chi connectivity index (χ1) is 8.84. The summed E-state index contributed by atoms with van der Waals surface area (Å²) in [7, 11) is 0. The molecule has 6 heteroatoms. The number of Topliss-reactive ketones (excluding diaryl/α,β-unsaturated/α-hetero) is 2. The maximum absolute atomic E-state index is 11.6. The van der Waals surface area contributed by atoms with Crippen LogP contribution >= 0.6 is 0 Å². The van der Waals surface area contributed by atoms with Gasteiger partial charge in [-0.15, -0.1) is 0 Å². The second-order valence-corrected chi connectivity index (χ2v) is 3.70. The lowest BCUT2D eigenvalue weighted by Crippen LogP contribution is -2.25. The van der Waals surface area contributed by atoms with Crippen LogP contribution in [0.4, 0.5) is 0 Å². The van der Waals surface area contributed by atoms with Crippen LogP contribution in [-0.2, 0) is 28.7 Å². The fourth-order valence-corrected chi connectivity index (χ4v) is 1.29. The number of hydrogen-bond donors (Lipinski definition) is 0. The Morgan fingerprint density at radius 1 is 1.00 bits per heavy atom. The predicted octanol–water partition coefficient (Wildman–Crippen LogP) is 0.833. The van der Waals surface area contributed by atoms with Crippen LogP contribution < -0.4 is 0 Å². The van der Waals surface area contributed by atoms with Crippen molar-refractivity contribution < 1.29 is 28.7 Å². The summed E-state index contributed by atoms with van der Waals surface area (Å²) in [6, 6.07) is 0. The van der Waals surface area contributed by atoms with Gasteiger partial charge in [-0.2, -0.15) is 0 Å². The van der Waals surface area contributed by atoms with Crippen molar-refractivity contribution in [3.8, 4) is 0 Å². The predicted molar refractivity (Wildman–Crippen MR) is 66.2 cm³/mol. The highest BCUT2D eigenvalue weighted by Gasteiger charge is 2.26. The maximum atomic E-state index is 11.6. The van der Waals surface area contributed by atoms with Gasteiger partial charge in [0.05, 0.1) is 18.8 Å². The lowest BCUT2D eigenvalue weighted by molar-refractivity contribution is -0.149. The third kappa shape index (κ3) is 5.46. The summed E-state index contributed by atoms with van der Waals surface area (Å²) >= 11 is 0. The molecule has 6 nitrogen and oxygen atoms in total. The van der Waals surface area contributed by atoms with Gasteiger partial charge in [-0.05, 0) is 33.8 Å². The Hall–Kier alpha value is -1.98. The fourth-order valence-electron chi connectivity index (χ4n) is 1.29. The molecule has 0 aliphatic heterocycles. The SMILES string of the molecule is CCOC(=O)/C(=C\[C@@H](C(C)=O)C(=O)OCC)C(C)=O. The van der Waals surface area contributed by atoms with E-state index < -0.39 is 29.4 Å². The van der Waals surface area contributed by atoms with E-state index in [4.69, 9.17) is 9.47 Å². The molecule has 0 spiro atoms. The Bertz CT molecular complexity index is 407. The molecular formula is C13H18O6. The zero-order valence-corrected chi connectivity index (χ0v) is 11.5. The molecule has 0 saturated carbocycles. The number of esters is 2. The summed E-state index contributed by atoms with van der Waals surface area (Å²) in [5, 5.41) is 0. The molecule has 0 aliphatic carbocycles. The molecule has 0 saturated heterocycles. The number of rotatable bonds is 7. The molecule has 0 radical (unpaired) electrons. The smallest absolute Gasteiger partial charge is 0.341 e. The Morgan fingerprint density at radius 3 is 1.89 bits per heavy atom. The Labute approximate surface area is 111 Å². The average molecular weight is 270 g/mol. The van der Waals surface area contributed by atoms with Crippen LogP contribution in [0.15, 0.2) is 11.6 Å². The number of carbonyl (C=O) groups is 4. The zero-order chi connectivity index (χ0) is 15.0. The second kappa shape index (κ2) is 8.18. The normalized spacial score (nSPS) is 12.5. The van der Waals surface area contributed by atoms with Crippen molar-refractivity contribution in [3.63, 3.8) is 0 Å². The van der Waals surface area contributed by atoms with Crippen molar-refractivity contribution >= 4 is 23.5 Å². The topological polar surface area (TPSA) is 86.7 Å². The third-order valence-corrected chi connectivity index (χ3v) is 2.19. The molecule has 0 aromatic carbocycles. The number of ether oxygens (including phenoxy) is 2. The number of ketones is 2. The van der Waals surface area contributed by atoms with E-state index in [1.54, 1.807) is 13.8 Å². The summed E-state index contributed by atoms with van der Waals surface area (Å²) in [6.07, 6.45) is 1.00. The third-order valence-electron chi connectivity index (χ3n) is 2.19. The van der Waals surface area contributed by atoms with E-state index in [1.165, 1.54) is 6.92 Å². The minimum absolute atomic E-state index is 0.0909. The Kier molecular flexibility index (Phi) is 7.33. The summed E-state index contributed by atoms with van der Waals surface area (Å²) in [5.41, 5.74) is -0.324. The van der Waals surface area contributed by atoms with E-state index in [1.807, 2.05) is 0 Å². The van der Waals surface area contributed by atoms with Crippen LogP contribution in [-0.4, -0.2) is 36.7 Å². The molecule has 1 atom stereocenters. The molecule has 0 heterocycles. The molecule has 19 heavy (non-hydrogen) atoms. The van der Waals surface area contributed by atoms with Gasteiger partial charge in [-0.3, -0.25) is 14.4 Å². The van der Waals surface area contributed by atoms with Gasteiger partial charge in [0, 0.05) is 0 Å². The number of carbonyl (C=O) groups excluding carboxylic acids is 4. The van der Waals surface area contributed by atoms with Crippen molar-refractivity contribution in [2.24, 2.45) is 5.92 Å². The van der Waals surface area contributed by atoms with Crippen LogP contribution in [0.3, 0.4) is 0 Å². The van der Waals surface area contributed by atoms with Crippen molar-refractivity contribution in [1.82, 2.24) is 0 Å². The van der Waals surface area contributed by atoms with Gasteiger partial charge >= 0.3 is 11.9 Å². The van der Waals surface area contributed by atoms with Gasteiger partial charge in [-0.25, -0.2) is 4.79 Å². The van der Waals surface area contributed by atoms with Crippen LogP contribution in [0.25, 0.3) is 0 Å². The maximum Gasteiger partial charge on any atom is 0.341 e. The summed E-state index contributed by atoms with van der Waals surface area (Å²) in [5.74, 6) is -4.01. The second-order valence-electron chi connectivity index (χ2n) is 3.70. The largest absolute Gasteiger partial charge is 0.465 e. The molecule has 0 rings (SSSR count). The summed E-state index contributed by atoms with van der Waals surface area (Å²) in [6.45, 7) is 5.71. The molecule has 0 aromatic rings. The minimum atomic E-state index is -1.27. The Morgan fingerprint density at radius 2 is 1.53 bits per heavy atom. The van der Waals surface area contributed by atoms with Crippen LogP contribution in [0.1, 0.15) is 27.7 Å². The minimum Gasteiger partial charge on any atom is -0.465 e. The summed E-state index contributed by atoms with van der Waals surface area (Å²) < 4.78 is 9.41. The molecule has 0 fully saturated rings. The van der Waals surface area contributed by atoms with E-state index in [2.05, 4.69) is 0 Å². The molecule has 106 valence electrons. The van der Waals surface area contributed by atoms with E-state index in [0.717, 1.165) is 13.0 Å². The van der Waals surface area contributed by atoms with E-state index in [-0.39, 0.29) is 18.8 Å². The quantitative estimate of drug-likeness (QED) is 0.295. The fraction of sp³-hybridized carbons (Fsp3) is 0.538. The monoisotopic (exact) mass is 270 g/mol. The van der Waals surface area contributed by atoms with E-state index in [0.29, 0.717) is 0 Å². The average Bonchev–Trinajstić information content (AvgIpc) is 2.29. The highest BCUT2D eigenvalue weighted by molar-refractivity contribution is 6.17. The molecule has 0 aromatic heterocycles. The van der Waals surface area contributed by atoms with Gasteiger partial charge in [0.25, 0.3) is 0 Å². The summed E-state index contributed by atoms with van der Waals surface area (Å²) in [4.78, 5) is 45.9. The van der Waals surface area contributed by atoms with Crippen molar-refractivity contribution in [1.29, 1.82) is 0 Å². The van der Waals surface area contributed by atoms with Crippen molar-refractivity contribution in [2.45, 2.75) is 27.7 Å². The first kappa shape index (κ1) is 17.0. The van der Waals surface area contributed by atoms with Crippen LogP contribution in [0.2, 0.25) is 0 Å². The van der Waals surface area contributed by atoms with Crippen molar-refractivity contribution in [3.05, 3.63) is 11.6 Å². The van der Waals surface area contributed by atoms with Crippen molar-refractivity contribution in [2.75, 3.05) is 13.2 Å². The van der Waals surface area contributed by atoms with Gasteiger partial charge in [0.15, 0.2) is 5.78 Å². The standard InChI is InChI=1S/C13H18O6/c1-5-18-12(16)10(8(3)14)7-11(9(4)15)13(17)19-6-2/h7,10H,5-6H2,1-4H3/b11-7-/t10-/m0/s1. The van der Waals surface area contributed by atoms with Gasteiger partial charge in [0.2, 0.25) is 0 Å². The number of hydrogen-bond acceptors (Lipinski definition) is 6. The first-order valence-corrected chi connectivity index (χ1v) is 5.92.